The van der Waals surface area contributed by atoms with Crippen LogP contribution in [0.5, 0.6) is 0 Å². The molecule has 1 aromatic carbocycles. The summed E-state index contributed by atoms with van der Waals surface area (Å²) in [5.41, 5.74) is 2.21. The van der Waals surface area contributed by atoms with Crippen molar-refractivity contribution in [1.82, 2.24) is 19.9 Å². The number of benzene rings is 1. The molecule has 1 aliphatic rings. The largest absolute Gasteiger partial charge is 0.340 e. The summed E-state index contributed by atoms with van der Waals surface area (Å²) in [7, 11) is 0. The molecule has 0 aliphatic carbocycles. The SMILES string of the molecule is Cc1cc(CCC(=O)N2CCC(n3nccn3)C2)ccc1Cl. The van der Waals surface area contributed by atoms with Crippen molar-refractivity contribution < 1.29 is 4.79 Å². The summed E-state index contributed by atoms with van der Waals surface area (Å²) in [6.45, 7) is 3.47. The van der Waals surface area contributed by atoms with E-state index in [1.807, 2.05) is 24.0 Å². The van der Waals surface area contributed by atoms with Crippen molar-refractivity contribution in [3.8, 4) is 0 Å². The average Bonchev–Trinajstić information content (AvgIpc) is 3.18. The molecule has 0 N–H and O–H groups in total. The lowest BCUT2D eigenvalue weighted by atomic mass is 10.1. The Hall–Kier alpha value is -1.88. The van der Waals surface area contributed by atoms with Crippen molar-refractivity contribution in [2.24, 2.45) is 0 Å². The number of halogens is 1. The van der Waals surface area contributed by atoms with Crippen LogP contribution in [0.25, 0.3) is 0 Å². The monoisotopic (exact) mass is 318 g/mol. The fourth-order valence-electron chi connectivity index (χ4n) is 2.84. The highest BCUT2D eigenvalue weighted by atomic mass is 35.5. The van der Waals surface area contributed by atoms with E-state index < -0.39 is 0 Å². The van der Waals surface area contributed by atoms with Crippen LogP contribution in [0.2, 0.25) is 5.02 Å². The molecule has 6 heteroatoms. The van der Waals surface area contributed by atoms with Gasteiger partial charge in [0.2, 0.25) is 5.91 Å². The molecule has 0 saturated carbocycles. The summed E-state index contributed by atoms with van der Waals surface area (Å²) in [6, 6.07) is 6.14. The molecular formula is C16H19ClN4O. The molecule has 5 nitrogen and oxygen atoms in total. The van der Waals surface area contributed by atoms with Gasteiger partial charge in [0.05, 0.1) is 18.4 Å². The predicted molar refractivity (Wildman–Crippen MR) is 84.8 cm³/mol. The third-order valence-electron chi connectivity index (χ3n) is 4.13. The summed E-state index contributed by atoms with van der Waals surface area (Å²) in [5.74, 6) is 0.197. The molecule has 0 radical (unpaired) electrons. The van der Waals surface area contributed by atoms with Gasteiger partial charge in [-0.1, -0.05) is 23.7 Å². The van der Waals surface area contributed by atoms with E-state index in [0.717, 1.165) is 35.5 Å². The van der Waals surface area contributed by atoms with Crippen LogP contribution in [-0.4, -0.2) is 38.9 Å². The molecule has 22 heavy (non-hydrogen) atoms. The zero-order valence-electron chi connectivity index (χ0n) is 12.6. The van der Waals surface area contributed by atoms with Gasteiger partial charge in [-0.2, -0.15) is 15.0 Å². The Labute approximate surface area is 134 Å². The molecule has 1 unspecified atom stereocenters. The number of carbonyl (C=O) groups excluding carboxylic acids is 1. The van der Waals surface area contributed by atoms with Gasteiger partial charge in [0.25, 0.3) is 0 Å². The van der Waals surface area contributed by atoms with Crippen molar-refractivity contribution in [2.45, 2.75) is 32.2 Å². The van der Waals surface area contributed by atoms with Gasteiger partial charge < -0.3 is 4.90 Å². The van der Waals surface area contributed by atoms with Crippen LogP contribution >= 0.6 is 11.6 Å². The Bertz CT molecular complexity index is 656. The molecule has 1 saturated heterocycles. The highest BCUT2D eigenvalue weighted by Crippen LogP contribution is 2.21. The Morgan fingerprint density at radius 2 is 2.14 bits per heavy atom. The zero-order chi connectivity index (χ0) is 15.5. The molecule has 0 spiro atoms. The minimum absolute atomic E-state index is 0.197. The number of aryl methyl sites for hydroxylation is 2. The van der Waals surface area contributed by atoms with Crippen LogP contribution in [0, 0.1) is 6.92 Å². The first-order valence-electron chi connectivity index (χ1n) is 7.52. The summed E-state index contributed by atoms with van der Waals surface area (Å²) in [4.78, 5) is 16.0. The second kappa shape index (κ2) is 6.48. The Morgan fingerprint density at radius 3 is 2.86 bits per heavy atom. The number of rotatable bonds is 4. The average molecular weight is 319 g/mol. The molecule has 116 valence electrons. The first kappa shape index (κ1) is 15.0. The number of carbonyl (C=O) groups is 1. The van der Waals surface area contributed by atoms with Gasteiger partial charge in [-0.15, -0.1) is 0 Å². The summed E-state index contributed by atoms with van der Waals surface area (Å²) in [6.07, 6.45) is 5.54. The van der Waals surface area contributed by atoms with Gasteiger partial charge in [-0.3, -0.25) is 4.79 Å². The van der Waals surface area contributed by atoms with Crippen molar-refractivity contribution in [3.63, 3.8) is 0 Å². The Balaban J connectivity index is 1.53. The van der Waals surface area contributed by atoms with E-state index in [9.17, 15) is 4.79 Å². The molecule has 1 fully saturated rings. The van der Waals surface area contributed by atoms with Gasteiger partial charge in [0.15, 0.2) is 0 Å². The van der Waals surface area contributed by atoms with Gasteiger partial charge in [-0.25, -0.2) is 0 Å². The quantitative estimate of drug-likeness (QED) is 0.871. The molecule has 1 aliphatic heterocycles. The number of nitrogens with zero attached hydrogens (tertiary/aromatic N) is 4. The first-order chi connectivity index (χ1) is 10.6. The molecule has 2 aromatic rings. The van der Waals surface area contributed by atoms with E-state index in [1.54, 1.807) is 17.2 Å². The minimum atomic E-state index is 0.197. The molecule has 1 aromatic heterocycles. The normalized spacial score (nSPS) is 17.9. The predicted octanol–water partition coefficient (Wildman–Crippen LogP) is 2.65. The summed E-state index contributed by atoms with van der Waals surface area (Å²) >= 11 is 6.02. The van der Waals surface area contributed by atoms with Crippen molar-refractivity contribution >= 4 is 17.5 Å². The fourth-order valence-corrected chi connectivity index (χ4v) is 2.96. The maximum atomic E-state index is 12.3. The van der Waals surface area contributed by atoms with Crippen molar-refractivity contribution in [1.29, 1.82) is 0 Å². The smallest absolute Gasteiger partial charge is 0.222 e. The third-order valence-corrected chi connectivity index (χ3v) is 4.55. The first-order valence-corrected chi connectivity index (χ1v) is 7.90. The van der Waals surface area contributed by atoms with Gasteiger partial charge in [0.1, 0.15) is 0 Å². The molecule has 1 amide bonds. The van der Waals surface area contributed by atoms with Crippen molar-refractivity contribution in [3.05, 3.63) is 46.7 Å². The molecule has 2 heterocycles. The zero-order valence-corrected chi connectivity index (χ0v) is 13.3. The van der Waals surface area contributed by atoms with Crippen LogP contribution in [-0.2, 0) is 11.2 Å². The van der Waals surface area contributed by atoms with E-state index in [-0.39, 0.29) is 11.9 Å². The fraction of sp³-hybridized carbons (Fsp3) is 0.438. The highest BCUT2D eigenvalue weighted by Gasteiger charge is 2.27. The van der Waals surface area contributed by atoms with Gasteiger partial charge >= 0.3 is 0 Å². The lowest BCUT2D eigenvalue weighted by molar-refractivity contribution is -0.130. The van der Waals surface area contributed by atoms with E-state index in [4.69, 9.17) is 11.6 Å². The molecule has 0 bridgehead atoms. The standard InChI is InChI=1S/C16H19ClN4O/c1-12-10-13(2-4-15(12)17)3-5-16(22)20-9-6-14(11-20)21-18-7-8-19-21/h2,4,7-8,10,14H,3,5-6,9,11H2,1H3. The third kappa shape index (κ3) is 3.30. The van der Waals surface area contributed by atoms with Crippen LogP contribution in [0.1, 0.15) is 30.0 Å². The van der Waals surface area contributed by atoms with Crippen LogP contribution in [0.4, 0.5) is 0 Å². The van der Waals surface area contributed by atoms with Crippen molar-refractivity contribution in [2.75, 3.05) is 13.1 Å². The number of hydrogen-bond donors (Lipinski definition) is 0. The maximum Gasteiger partial charge on any atom is 0.222 e. The van der Waals surface area contributed by atoms with E-state index in [0.29, 0.717) is 13.0 Å². The van der Waals surface area contributed by atoms with Crippen LogP contribution < -0.4 is 0 Å². The van der Waals surface area contributed by atoms with Gasteiger partial charge in [0, 0.05) is 24.5 Å². The molecule has 3 rings (SSSR count). The van der Waals surface area contributed by atoms with E-state index >= 15 is 0 Å². The van der Waals surface area contributed by atoms with Gasteiger partial charge in [-0.05, 0) is 37.0 Å². The number of amides is 1. The Morgan fingerprint density at radius 1 is 1.36 bits per heavy atom. The molecular weight excluding hydrogens is 300 g/mol. The summed E-state index contributed by atoms with van der Waals surface area (Å²) in [5, 5.41) is 9.09. The highest BCUT2D eigenvalue weighted by molar-refractivity contribution is 6.31. The maximum absolute atomic E-state index is 12.3. The number of likely N-dealkylation sites (tertiary alicyclic amines) is 1. The summed E-state index contributed by atoms with van der Waals surface area (Å²) < 4.78 is 0. The lowest BCUT2D eigenvalue weighted by Gasteiger charge is -2.16. The van der Waals surface area contributed by atoms with Crippen LogP contribution in [0.15, 0.2) is 30.6 Å². The number of aromatic nitrogens is 3. The van der Waals surface area contributed by atoms with E-state index in [2.05, 4.69) is 16.3 Å². The lowest BCUT2D eigenvalue weighted by Crippen LogP contribution is -2.29. The second-order valence-electron chi connectivity index (χ2n) is 5.72. The Kier molecular flexibility index (Phi) is 4.43. The van der Waals surface area contributed by atoms with E-state index in [1.165, 1.54) is 0 Å². The number of hydrogen-bond acceptors (Lipinski definition) is 3. The minimum Gasteiger partial charge on any atom is -0.340 e. The topological polar surface area (TPSA) is 51.0 Å². The molecule has 1 atom stereocenters. The van der Waals surface area contributed by atoms with Crippen LogP contribution in [0.3, 0.4) is 0 Å². The second-order valence-corrected chi connectivity index (χ2v) is 6.12.